The molecule has 0 saturated carbocycles. The molecule has 1 heterocycles. The SMILES string of the molecule is O=[N+]([O-])c1cccc(F)c1CN1CCC(C(O)C(F)(F)F)CC1. The van der Waals surface area contributed by atoms with E-state index in [4.69, 9.17) is 0 Å². The Morgan fingerprint density at radius 1 is 1.35 bits per heavy atom. The van der Waals surface area contributed by atoms with Crippen LogP contribution < -0.4 is 0 Å². The summed E-state index contributed by atoms with van der Waals surface area (Å²) in [6, 6.07) is 3.55. The summed E-state index contributed by atoms with van der Waals surface area (Å²) < 4.78 is 51.3. The van der Waals surface area contributed by atoms with E-state index in [-0.39, 0.29) is 43.7 Å². The first-order chi connectivity index (χ1) is 10.7. The number of rotatable bonds is 4. The van der Waals surface area contributed by atoms with Gasteiger partial charge in [-0.25, -0.2) is 4.39 Å². The van der Waals surface area contributed by atoms with Crippen LogP contribution in [0, 0.1) is 21.8 Å². The maximum Gasteiger partial charge on any atom is 0.414 e. The van der Waals surface area contributed by atoms with Crippen LogP contribution in [0.5, 0.6) is 0 Å². The summed E-state index contributed by atoms with van der Waals surface area (Å²) in [6.07, 6.45) is -6.82. The Labute approximate surface area is 129 Å². The molecule has 5 nitrogen and oxygen atoms in total. The van der Waals surface area contributed by atoms with E-state index in [9.17, 15) is 32.8 Å². The highest BCUT2D eigenvalue weighted by molar-refractivity contribution is 5.40. The van der Waals surface area contributed by atoms with E-state index in [0.29, 0.717) is 0 Å². The van der Waals surface area contributed by atoms with Gasteiger partial charge in [-0.2, -0.15) is 13.2 Å². The highest BCUT2D eigenvalue weighted by Gasteiger charge is 2.44. The fourth-order valence-corrected chi connectivity index (χ4v) is 2.79. The minimum absolute atomic E-state index is 0.0438. The van der Waals surface area contributed by atoms with Crippen LogP contribution in [0.25, 0.3) is 0 Å². The molecule has 0 bridgehead atoms. The third kappa shape index (κ3) is 4.17. The number of hydrogen-bond donors (Lipinski definition) is 1. The molecule has 2 rings (SSSR count). The summed E-state index contributed by atoms with van der Waals surface area (Å²) >= 11 is 0. The van der Waals surface area contributed by atoms with Crippen molar-refractivity contribution in [3.8, 4) is 0 Å². The molecule has 0 radical (unpaired) electrons. The van der Waals surface area contributed by atoms with E-state index in [1.807, 2.05) is 0 Å². The topological polar surface area (TPSA) is 66.6 Å². The number of alkyl halides is 3. The molecule has 1 saturated heterocycles. The van der Waals surface area contributed by atoms with Gasteiger partial charge < -0.3 is 5.11 Å². The summed E-state index contributed by atoms with van der Waals surface area (Å²) in [4.78, 5) is 11.9. The molecular formula is C14H16F4N2O3. The molecule has 128 valence electrons. The van der Waals surface area contributed by atoms with Crippen LogP contribution in [-0.2, 0) is 6.54 Å². The van der Waals surface area contributed by atoms with Crippen molar-refractivity contribution in [3.63, 3.8) is 0 Å². The molecule has 0 amide bonds. The second kappa shape index (κ2) is 6.79. The Hall–Kier alpha value is -1.74. The van der Waals surface area contributed by atoms with Crippen molar-refractivity contribution in [2.75, 3.05) is 13.1 Å². The fraction of sp³-hybridized carbons (Fsp3) is 0.571. The second-order valence-electron chi connectivity index (χ2n) is 5.59. The average Bonchev–Trinajstić information content (AvgIpc) is 2.48. The van der Waals surface area contributed by atoms with Gasteiger partial charge in [-0.05, 0) is 37.9 Å². The van der Waals surface area contributed by atoms with Crippen LogP contribution >= 0.6 is 0 Å². The van der Waals surface area contributed by atoms with E-state index >= 15 is 0 Å². The van der Waals surface area contributed by atoms with Crippen molar-refractivity contribution in [2.24, 2.45) is 5.92 Å². The van der Waals surface area contributed by atoms with Crippen LogP contribution in [0.3, 0.4) is 0 Å². The first-order valence-corrected chi connectivity index (χ1v) is 7.09. The van der Waals surface area contributed by atoms with Gasteiger partial charge in [-0.15, -0.1) is 0 Å². The predicted molar refractivity (Wildman–Crippen MR) is 73.1 cm³/mol. The summed E-state index contributed by atoms with van der Waals surface area (Å²) in [5.41, 5.74) is -0.422. The number of nitrogens with zero attached hydrogens (tertiary/aromatic N) is 2. The van der Waals surface area contributed by atoms with Gasteiger partial charge in [-0.1, -0.05) is 6.07 Å². The van der Waals surface area contributed by atoms with Crippen LogP contribution in [0.4, 0.5) is 23.2 Å². The molecule has 1 unspecified atom stereocenters. The molecule has 1 aliphatic heterocycles. The van der Waals surface area contributed by atoms with Gasteiger partial charge >= 0.3 is 6.18 Å². The third-order valence-electron chi connectivity index (χ3n) is 4.09. The van der Waals surface area contributed by atoms with Crippen molar-refractivity contribution in [3.05, 3.63) is 39.7 Å². The lowest BCUT2D eigenvalue weighted by molar-refractivity contribution is -0.386. The first kappa shape index (κ1) is 17.6. The Bertz CT molecular complexity index is 572. The molecule has 1 fully saturated rings. The fourth-order valence-electron chi connectivity index (χ4n) is 2.79. The second-order valence-corrected chi connectivity index (χ2v) is 5.59. The van der Waals surface area contributed by atoms with Gasteiger partial charge in [0.1, 0.15) is 5.82 Å². The lowest BCUT2D eigenvalue weighted by atomic mass is 9.90. The number of hydrogen-bond acceptors (Lipinski definition) is 4. The van der Waals surface area contributed by atoms with Crippen molar-refractivity contribution < 1.29 is 27.6 Å². The van der Waals surface area contributed by atoms with Gasteiger partial charge in [0.2, 0.25) is 0 Å². The first-order valence-electron chi connectivity index (χ1n) is 7.09. The zero-order chi connectivity index (χ0) is 17.2. The Morgan fingerprint density at radius 3 is 2.48 bits per heavy atom. The molecule has 0 aromatic heterocycles. The normalized spacial score (nSPS) is 18.8. The minimum Gasteiger partial charge on any atom is -0.383 e. The zero-order valence-electron chi connectivity index (χ0n) is 12.1. The number of halogens is 4. The predicted octanol–water partition coefficient (Wildman–Crippen LogP) is 2.87. The van der Waals surface area contributed by atoms with Crippen LogP contribution in [-0.4, -0.2) is 40.3 Å². The third-order valence-corrected chi connectivity index (χ3v) is 4.09. The van der Waals surface area contributed by atoms with Crippen molar-refractivity contribution in [2.45, 2.75) is 31.7 Å². The van der Waals surface area contributed by atoms with Gasteiger partial charge in [0.05, 0.1) is 10.5 Å². The summed E-state index contributed by atoms with van der Waals surface area (Å²) in [6.45, 7) is 0.379. The monoisotopic (exact) mass is 336 g/mol. The zero-order valence-corrected chi connectivity index (χ0v) is 12.1. The number of aliphatic hydroxyl groups is 1. The number of nitro benzene ring substituents is 1. The summed E-state index contributed by atoms with van der Waals surface area (Å²) in [7, 11) is 0. The Kier molecular flexibility index (Phi) is 5.20. The van der Waals surface area contributed by atoms with Gasteiger partial charge in [0.25, 0.3) is 5.69 Å². The molecule has 23 heavy (non-hydrogen) atoms. The molecule has 1 atom stereocenters. The standard InChI is InChI=1S/C14H16F4N2O3/c15-11-2-1-3-12(20(22)23)10(11)8-19-6-4-9(5-7-19)13(21)14(16,17)18/h1-3,9,13,21H,4-8H2. The maximum absolute atomic E-state index is 13.8. The molecule has 9 heteroatoms. The molecule has 1 aromatic rings. The van der Waals surface area contributed by atoms with Gasteiger partial charge in [0, 0.05) is 12.6 Å². The molecule has 0 aliphatic carbocycles. The Morgan fingerprint density at radius 2 is 1.96 bits per heavy atom. The summed E-state index contributed by atoms with van der Waals surface area (Å²) in [5.74, 6) is -1.61. The molecule has 1 N–H and O–H groups in total. The summed E-state index contributed by atoms with van der Waals surface area (Å²) in [5, 5.41) is 20.2. The Balaban J connectivity index is 2.02. The largest absolute Gasteiger partial charge is 0.414 e. The van der Waals surface area contributed by atoms with Crippen molar-refractivity contribution in [1.29, 1.82) is 0 Å². The van der Waals surface area contributed by atoms with Crippen LogP contribution in [0.2, 0.25) is 0 Å². The number of benzene rings is 1. The van der Waals surface area contributed by atoms with E-state index in [0.717, 1.165) is 6.07 Å². The van der Waals surface area contributed by atoms with E-state index in [1.165, 1.54) is 12.1 Å². The lowest BCUT2D eigenvalue weighted by Crippen LogP contribution is -2.43. The van der Waals surface area contributed by atoms with Crippen LogP contribution in [0.15, 0.2) is 18.2 Å². The van der Waals surface area contributed by atoms with Crippen LogP contribution in [0.1, 0.15) is 18.4 Å². The molecule has 1 aliphatic rings. The number of nitro groups is 1. The van der Waals surface area contributed by atoms with Gasteiger partial charge in [-0.3, -0.25) is 15.0 Å². The maximum atomic E-state index is 13.8. The van der Waals surface area contributed by atoms with Gasteiger partial charge in [0.15, 0.2) is 6.10 Å². The number of piperidine rings is 1. The molecule has 1 aromatic carbocycles. The number of aliphatic hydroxyl groups excluding tert-OH is 1. The quantitative estimate of drug-likeness (QED) is 0.522. The number of likely N-dealkylation sites (tertiary alicyclic amines) is 1. The highest BCUT2D eigenvalue weighted by atomic mass is 19.4. The minimum atomic E-state index is -4.66. The molecule has 0 spiro atoms. The van der Waals surface area contributed by atoms with E-state index in [1.54, 1.807) is 4.90 Å². The smallest absolute Gasteiger partial charge is 0.383 e. The average molecular weight is 336 g/mol. The van der Waals surface area contributed by atoms with Crippen molar-refractivity contribution >= 4 is 5.69 Å². The molecular weight excluding hydrogens is 320 g/mol. The van der Waals surface area contributed by atoms with E-state index < -0.39 is 28.9 Å². The highest BCUT2D eigenvalue weighted by Crippen LogP contribution is 2.32. The lowest BCUT2D eigenvalue weighted by Gasteiger charge is -2.34. The van der Waals surface area contributed by atoms with E-state index in [2.05, 4.69) is 0 Å². The van der Waals surface area contributed by atoms with Crippen molar-refractivity contribution in [1.82, 2.24) is 4.90 Å².